The van der Waals surface area contributed by atoms with E-state index in [1.54, 1.807) is 25.1 Å². The van der Waals surface area contributed by atoms with Crippen LogP contribution in [0, 0.1) is 12.8 Å². The van der Waals surface area contributed by atoms with E-state index >= 15 is 0 Å². The molecule has 1 aliphatic heterocycles. The average molecular weight is 299 g/mol. The third kappa shape index (κ3) is 2.56. The van der Waals surface area contributed by atoms with Crippen LogP contribution in [-0.2, 0) is 19.6 Å². The van der Waals surface area contributed by atoms with Crippen LogP contribution in [0.25, 0.3) is 0 Å². The molecule has 1 aromatic rings. The van der Waals surface area contributed by atoms with Crippen LogP contribution in [0.4, 0.5) is 0 Å². The number of carboxylic acids is 1. The number of ether oxygens (including phenoxy) is 1. The summed E-state index contributed by atoms with van der Waals surface area (Å²) in [7, 11) is -2.33. The molecule has 110 valence electrons. The van der Waals surface area contributed by atoms with Crippen LogP contribution in [0.5, 0.6) is 0 Å². The van der Waals surface area contributed by atoms with E-state index in [1.165, 1.54) is 13.1 Å². The molecule has 1 heterocycles. The van der Waals surface area contributed by atoms with Crippen LogP contribution in [0.2, 0.25) is 0 Å². The maximum absolute atomic E-state index is 12.6. The molecule has 0 bridgehead atoms. The van der Waals surface area contributed by atoms with Crippen molar-refractivity contribution in [3.8, 4) is 0 Å². The number of benzene rings is 1. The number of hydrogen-bond donors (Lipinski definition) is 1. The highest BCUT2D eigenvalue weighted by Crippen LogP contribution is 2.26. The Morgan fingerprint density at radius 2 is 2.00 bits per heavy atom. The first kappa shape index (κ1) is 15.0. The molecule has 6 nitrogen and oxygen atoms in total. The summed E-state index contributed by atoms with van der Waals surface area (Å²) in [5, 5.41) is 9.12. The number of aliphatic carboxylic acids is 1. The van der Waals surface area contributed by atoms with Crippen molar-refractivity contribution in [3.63, 3.8) is 0 Å². The molecule has 1 aliphatic rings. The van der Waals surface area contributed by atoms with Crippen LogP contribution in [0.1, 0.15) is 5.56 Å². The van der Waals surface area contributed by atoms with Gasteiger partial charge in [0.1, 0.15) is 0 Å². The van der Waals surface area contributed by atoms with Crippen LogP contribution >= 0.6 is 0 Å². The van der Waals surface area contributed by atoms with Gasteiger partial charge in [0.2, 0.25) is 10.0 Å². The van der Waals surface area contributed by atoms with Crippen LogP contribution in [0.15, 0.2) is 29.2 Å². The Hall–Kier alpha value is -1.44. The van der Waals surface area contributed by atoms with E-state index in [-0.39, 0.29) is 18.1 Å². The number of carboxylic acid groups (broad SMARTS) is 1. The fraction of sp³-hybridized carbons (Fsp3) is 0.462. The molecule has 2 unspecified atom stereocenters. The number of likely N-dealkylation sites (N-methyl/N-ethyl adjacent to an activating group) is 1. The molecular formula is C13H17NO5S. The third-order valence-corrected chi connectivity index (χ3v) is 5.63. The second-order valence-corrected chi connectivity index (χ2v) is 6.80. The molecule has 0 amide bonds. The summed E-state index contributed by atoms with van der Waals surface area (Å²) in [6, 6.07) is 5.95. The fourth-order valence-electron chi connectivity index (χ4n) is 2.32. The zero-order valence-electron chi connectivity index (χ0n) is 11.3. The molecule has 7 heteroatoms. The Kier molecular flexibility index (Phi) is 4.12. The molecule has 0 aromatic heterocycles. The van der Waals surface area contributed by atoms with Gasteiger partial charge in [-0.3, -0.25) is 4.79 Å². The SMILES string of the molecule is Cc1ccccc1S(=O)(=O)N(C)C1COCC1C(=O)O. The predicted octanol–water partition coefficient (Wildman–Crippen LogP) is 0.715. The minimum Gasteiger partial charge on any atom is -0.481 e. The molecule has 0 spiro atoms. The first-order chi connectivity index (χ1) is 9.35. The number of carbonyl (C=O) groups is 1. The van der Waals surface area contributed by atoms with Gasteiger partial charge in [0, 0.05) is 7.05 Å². The maximum atomic E-state index is 12.6. The maximum Gasteiger partial charge on any atom is 0.310 e. The Morgan fingerprint density at radius 1 is 1.35 bits per heavy atom. The van der Waals surface area contributed by atoms with Crippen molar-refractivity contribution in [2.75, 3.05) is 20.3 Å². The molecule has 1 saturated heterocycles. The van der Waals surface area contributed by atoms with Crippen molar-refractivity contribution >= 4 is 16.0 Å². The lowest BCUT2D eigenvalue weighted by molar-refractivity contribution is -0.142. The van der Waals surface area contributed by atoms with Gasteiger partial charge in [-0.05, 0) is 18.6 Å². The van der Waals surface area contributed by atoms with E-state index in [4.69, 9.17) is 9.84 Å². The highest BCUT2D eigenvalue weighted by molar-refractivity contribution is 7.89. The Bertz CT molecular complexity index is 613. The van der Waals surface area contributed by atoms with Crippen molar-refractivity contribution in [1.82, 2.24) is 4.31 Å². The summed E-state index contributed by atoms with van der Waals surface area (Å²) >= 11 is 0. The molecule has 1 fully saturated rings. The summed E-state index contributed by atoms with van der Waals surface area (Å²) in [6.45, 7) is 1.84. The van der Waals surface area contributed by atoms with Crippen molar-refractivity contribution in [2.24, 2.45) is 5.92 Å². The van der Waals surface area contributed by atoms with Gasteiger partial charge in [0.05, 0.1) is 30.1 Å². The van der Waals surface area contributed by atoms with E-state index in [2.05, 4.69) is 0 Å². The summed E-state index contributed by atoms with van der Waals surface area (Å²) in [4.78, 5) is 11.3. The molecule has 0 aliphatic carbocycles. The molecular weight excluding hydrogens is 282 g/mol. The highest BCUT2D eigenvalue weighted by atomic mass is 32.2. The van der Waals surface area contributed by atoms with Gasteiger partial charge < -0.3 is 9.84 Å². The molecule has 0 saturated carbocycles. The molecule has 1 aromatic carbocycles. The topological polar surface area (TPSA) is 83.9 Å². The van der Waals surface area contributed by atoms with E-state index < -0.39 is 28.0 Å². The van der Waals surface area contributed by atoms with Crippen molar-refractivity contribution < 1.29 is 23.1 Å². The summed E-state index contributed by atoms with van der Waals surface area (Å²) < 4.78 is 31.4. The largest absolute Gasteiger partial charge is 0.481 e. The van der Waals surface area contributed by atoms with Crippen LogP contribution < -0.4 is 0 Å². The van der Waals surface area contributed by atoms with E-state index in [0.717, 1.165) is 4.31 Å². The van der Waals surface area contributed by atoms with Crippen LogP contribution in [-0.4, -0.2) is 50.1 Å². The van der Waals surface area contributed by atoms with Gasteiger partial charge in [0.25, 0.3) is 0 Å². The number of rotatable bonds is 4. The molecule has 2 atom stereocenters. The predicted molar refractivity (Wildman–Crippen MR) is 71.9 cm³/mol. The standard InChI is InChI=1S/C13H17NO5S/c1-9-5-3-4-6-12(9)20(17,18)14(2)11-8-19-7-10(11)13(15)16/h3-6,10-11H,7-8H2,1-2H3,(H,15,16). The van der Waals surface area contributed by atoms with E-state index in [9.17, 15) is 13.2 Å². The first-order valence-electron chi connectivity index (χ1n) is 6.20. The second kappa shape index (κ2) is 5.51. The molecule has 20 heavy (non-hydrogen) atoms. The number of hydrogen-bond acceptors (Lipinski definition) is 4. The van der Waals surface area contributed by atoms with Gasteiger partial charge >= 0.3 is 5.97 Å². The zero-order chi connectivity index (χ0) is 14.9. The minimum atomic E-state index is -3.73. The molecule has 0 radical (unpaired) electrons. The normalized spacial score (nSPS) is 23.1. The van der Waals surface area contributed by atoms with Gasteiger partial charge in [-0.15, -0.1) is 0 Å². The van der Waals surface area contributed by atoms with Gasteiger partial charge in [-0.1, -0.05) is 18.2 Å². The van der Waals surface area contributed by atoms with E-state index in [1.807, 2.05) is 0 Å². The smallest absolute Gasteiger partial charge is 0.310 e. The lowest BCUT2D eigenvalue weighted by atomic mass is 10.1. The average Bonchev–Trinajstić information content (AvgIpc) is 2.87. The lowest BCUT2D eigenvalue weighted by Crippen LogP contribution is -2.44. The van der Waals surface area contributed by atoms with Gasteiger partial charge in [-0.25, -0.2) is 8.42 Å². The monoisotopic (exact) mass is 299 g/mol. The van der Waals surface area contributed by atoms with Gasteiger partial charge in [-0.2, -0.15) is 4.31 Å². The quantitative estimate of drug-likeness (QED) is 0.885. The number of aryl methyl sites for hydroxylation is 1. The number of sulfonamides is 1. The Labute approximate surface area is 118 Å². The van der Waals surface area contributed by atoms with Crippen molar-refractivity contribution in [1.29, 1.82) is 0 Å². The zero-order valence-corrected chi connectivity index (χ0v) is 12.1. The fourth-order valence-corrected chi connectivity index (χ4v) is 3.92. The summed E-state index contributed by atoms with van der Waals surface area (Å²) in [5.41, 5.74) is 0.630. The summed E-state index contributed by atoms with van der Waals surface area (Å²) in [5.74, 6) is -1.88. The third-order valence-electron chi connectivity index (χ3n) is 3.59. The number of nitrogens with zero attached hydrogens (tertiary/aromatic N) is 1. The Balaban J connectivity index is 2.35. The minimum absolute atomic E-state index is 0.0353. The molecule has 1 N–H and O–H groups in total. The highest BCUT2D eigenvalue weighted by Gasteiger charge is 2.41. The second-order valence-electron chi connectivity index (χ2n) is 4.84. The Morgan fingerprint density at radius 3 is 2.60 bits per heavy atom. The van der Waals surface area contributed by atoms with E-state index in [0.29, 0.717) is 5.56 Å². The van der Waals surface area contributed by atoms with Gasteiger partial charge in [0.15, 0.2) is 0 Å². The van der Waals surface area contributed by atoms with Crippen molar-refractivity contribution in [3.05, 3.63) is 29.8 Å². The van der Waals surface area contributed by atoms with Crippen LogP contribution in [0.3, 0.4) is 0 Å². The summed E-state index contributed by atoms with van der Waals surface area (Å²) in [6.07, 6.45) is 0. The van der Waals surface area contributed by atoms with Crippen molar-refractivity contribution in [2.45, 2.75) is 17.9 Å². The first-order valence-corrected chi connectivity index (χ1v) is 7.64. The lowest BCUT2D eigenvalue weighted by Gasteiger charge is -2.26. The molecule has 2 rings (SSSR count).